The van der Waals surface area contributed by atoms with Crippen LogP contribution in [-0.2, 0) is 6.67 Å². The largest absolute Gasteiger partial charge is 0.294 e. The van der Waals surface area contributed by atoms with Gasteiger partial charge in [-0.2, -0.15) is 5.26 Å². The molecule has 0 fully saturated rings. The summed E-state index contributed by atoms with van der Waals surface area (Å²) in [4.78, 5) is 3.25. The molecular formula is C15H11F4NO. The summed E-state index contributed by atoms with van der Waals surface area (Å²) in [5.41, 5.74) is 0.811. The molecule has 0 saturated carbocycles. The van der Waals surface area contributed by atoms with E-state index in [1.807, 2.05) is 0 Å². The second-order valence-electron chi connectivity index (χ2n) is 4.06. The van der Waals surface area contributed by atoms with Crippen LogP contribution in [0.5, 0.6) is 5.75 Å². The fourth-order valence-electron chi connectivity index (χ4n) is 1.40. The first-order valence-corrected chi connectivity index (χ1v) is 5.81. The van der Waals surface area contributed by atoms with Gasteiger partial charge in [0, 0.05) is 16.2 Å². The van der Waals surface area contributed by atoms with Crippen LogP contribution >= 0.6 is 0 Å². The van der Waals surface area contributed by atoms with Crippen LogP contribution in [0.2, 0.25) is 0 Å². The Morgan fingerprint density at radius 1 is 1.10 bits per heavy atom. The van der Waals surface area contributed by atoms with E-state index in [0.29, 0.717) is 0 Å². The van der Waals surface area contributed by atoms with Gasteiger partial charge in [-0.3, -0.25) is 4.94 Å². The molecule has 2 nitrogen and oxygen atoms in total. The molecule has 0 aromatic heterocycles. The molecule has 0 saturated heterocycles. The van der Waals surface area contributed by atoms with E-state index < -0.39 is 18.3 Å². The maximum Gasteiger partial charge on any atom is 0.174 e. The first-order chi connectivity index (χ1) is 10.0. The number of nitrogens with zero attached hydrogens (tertiary/aromatic N) is 1. The van der Waals surface area contributed by atoms with Crippen molar-refractivity contribution in [3.63, 3.8) is 0 Å². The van der Waals surface area contributed by atoms with Gasteiger partial charge >= 0.3 is 0 Å². The summed E-state index contributed by atoms with van der Waals surface area (Å²) in [6, 6.07) is 9.19. The van der Waals surface area contributed by atoms with Gasteiger partial charge in [-0.05, 0) is 30.7 Å². The summed E-state index contributed by atoms with van der Waals surface area (Å²) in [6.07, 6.45) is 0. The molecule has 0 N–H and O–H groups in total. The van der Waals surface area contributed by atoms with E-state index >= 15 is 0 Å². The Hall–Kier alpha value is -2.55. The molecule has 21 heavy (non-hydrogen) atoms. The Bertz CT molecular complexity index is 653. The molecule has 2 rings (SSSR count). The van der Waals surface area contributed by atoms with Gasteiger partial charge in [0.2, 0.25) is 0 Å². The van der Waals surface area contributed by atoms with E-state index in [0.717, 1.165) is 17.7 Å². The Labute approximate surface area is 119 Å². The Morgan fingerprint density at radius 3 is 2.29 bits per heavy atom. The molecule has 0 spiro atoms. The van der Waals surface area contributed by atoms with Gasteiger partial charge in [-0.25, -0.2) is 13.2 Å². The highest BCUT2D eigenvalue weighted by Gasteiger charge is 2.02. The molecule has 2 aromatic rings. The van der Waals surface area contributed by atoms with Crippen LogP contribution in [0.4, 0.5) is 17.7 Å². The van der Waals surface area contributed by atoms with E-state index in [-0.39, 0.29) is 16.9 Å². The smallest absolute Gasteiger partial charge is 0.174 e. The summed E-state index contributed by atoms with van der Waals surface area (Å²) >= 11 is 0. The van der Waals surface area contributed by atoms with Gasteiger partial charge in [0.25, 0.3) is 0 Å². The van der Waals surface area contributed by atoms with Crippen LogP contribution in [0.25, 0.3) is 0 Å². The zero-order valence-electron chi connectivity index (χ0n) is 11.0. The molecule has 0 heterocycles. The van der Waals surface area contributed by atoms with Crippen molar-refractivity contribution in [2.45, 2.75) is 13.6 Å². The minimum Gasteiger partial charge on any atom is -0.294 e. The Kier molecular flexibility index (Phi) is 6.21. The molecule has 0 aliphatic rings. The lowest BCUT2D eigenvalue weighted by Gasteiger charge is -1.97. The normalized spacial score (nSPS) is 9.33. The van der Waals surface area contributed by atoms with E-state index in [1.54, 1.807) is 19.1 Å². The SMILES string of the molecule is Cc1ccc(CF)c(F)c1.N#Cc1ccc(OF)cc1F. The van der Waals surface area contributed by atoms with Crippen LogP contribution < -0.4 is 4.94 Å². The standard InChI is InChI=1S/C8H8F2.C7H3F2NO/c1-6-2-3-7(5-9)8(10)4-6;8-7-3-6(11-9)2-1-5(7)4-10/h2-4H,5H2,1H3;1-3H. The minimum atomic E-state index is -0.789. The van der Waals surface area contributed by atoms with Crippen molar-refractivity contribution in [2.24, 2.45) is 0 Å². The molecule has 110 valence electrons. The molecule has 0 unspecified atom stereocenters. The summed E-state index contributed by atoms with van der Waals surface area (Å²) in [7, 11) is 0. The predicted molar refractivity (Wildman–Crippen MR) is 68.8 cm³/mol. The summed E-state index contributed by atoms with van der Waals surface area (Å²) < 4.78 is 48.4. The van der Waals surface area contributed by atoms with Crippen LogP contribution in [0.1, 0.15) is 16.7 Å². The van der Waals surface area contributed by atoms with Crippen molar-refractivity contribution in [1.29, 1.82) is 5.26 Å². The minimum absolute atomic E-state index is 0.130. The monoisotopic (exact) mass is 297 g/mol. The average Bonchev–Trinajstić information content (AvgIpc) is 2.48. The number of hydrogen-bond donors (Lipinski definition) is 0. The van der Waals surface area contributed by atoms with Gasteiger partial charge < -0.3 is 0 Å². The van der Waals surface area contributed by atoms with Crippen molar-refractivity contribution in [3.05, 3.63) is 64.7 Å². The fraction of sp³-hybridized carbons (Fsp3) is 0.133. The highest BCUT2D eigenvalue weighted by molar-refractivity contribution is 5.35. The lowest BCUT2D eigenvalue weighted by molar-refractivity contribution is -0.00655. The van der Waals surface area contributed by atoms with Crippen molar-refractivity contribution in [1.82, 2.24) is 0 Å². The van der Waals surface area contributed by atoms with Gasteiger partial charge in [-0.15, -0.1) is 0 Å². The zero-order chi connectivity index (χ0) is 15.8. The number of hydrogen-bond acceptors (Lipinski definition) is 2. The van der Waals surface area contributed by atoms with E-state index in [9.17, 15) is 17.7 Å². The number of halogens is 4. The van der Waals surface area contributed by atoms with Crippen molar-refractivity contribution in [2.75, 3.05) is 0 Å². The average molecular weight is 297 g/mol. The zero-order valence-corrected chi connectivity index (χ0v) is 11.0. The topological polar surface area (TPSA) is 33.0 Å². The molecule has 6 heteroatoms. The molecule has 2 aromatic carbocycles. The Balaban J connectivity index is 0.000000211. The van der Waals surface area contributed by atoms with Crippen LogP contribution in [-0.4, -0.2) is 0 Å². The highest BCUT2D eigenvalue weighted by atomic mass is 19.3. The number of benzene rings is 2. The van der Waals surface area contributed by atoms with Crippen molar-refractivity contribution < 1.29 is 22.6 Å². The fourth-order valence-corrected chi connectivity index (χ4v) is 1.40. The second kappa shape index (κ2) is 7.90. The van der Waals surface area contributed by atoms with Gasteiger partial charge in [-0.1, -0.05) is 12.1 Å². The maximum atomic E-state index is 12.6. The van der Waals surface area contributed by atoms with Gasteiger partial charge in [0.1, 0.15) is 24.4 Å². The second-order valence-corrected chi connectivity index (χ2v) is 4.06. The third kappa shape index (κ3) is 4.80. The maximum absolute atomic E-state index is 12.6. The van der Waals surface area contributed by atoms with Gasteiger partial charge in [0.15, 0.2) is 5.75 Å². The molecule has 0 bridgehead atoms. The summed E-state index contributed by atoms with van der Waals surface area (Å²) in [5, 5.41) is 8.26. The van der Waals surface area contributed by atoms with Crippen LogP contribution in [0, 0.1) is 29.9 Å². The third-order valence-electron chi connectivity index (χ3n) is 2.50. The van der Waals surface area contributed by atoms with E-state index in [1.165, 1.54) is 18.2 Å². The molecule has 0 radical (unpaired) electrons. The first kappa shape index (κ1) is 16.5. The van der Waals surface area contributed by atoms with Crippen molar-refractivity contribution >= 4 is 0 Å². The third-order valence-corrected chi connectivity index (χ3v) is 2.50. The molecule has 0 atom stereocenters. The summed E-state index contributed by atoms with van der Waals surface area (Å²) in [5.74, 6) is -1.49. The lowest BCUT2D eigenvalue weighted by atomic mass is 10.1. The Morgan fingerprint density at radius 2 is 1.81 bits per heavy atom. The predicted octanol–water partition coefficient (Wildman–Crippen LogP) is 4.56. The molecule has 0 amide bonds. The number of nitriles is 1. The van der Waals surface area contributed by atoms with E-state index in [4.69, 9.17) is 5.26 Å². The first-order valence-electron chi connectivity index (χ1n) is 5.81. The molecule has 0 aliphatic carbocycles. The number of aryl methyl sites for hydroxylation is 1. The highest BCUT2D eigenvalue weighted by Crippen LogP contribution is 2.15. The van der Waals surface area contributed by atoms with Crippen LogP contribution in [0.3, 0.4) is 0 Å². The quantitative estimate of drug-likeness (QED) is 0.761. The molecule has 0 aliphatic heterocycles. The number of alkyl halides is 1. The lowest BCUT2D eigenvalue weighted by Crippen LogP contribution is -1.86. The van der Waals surface area contributed by atoms with Gasteiger partial charge in [0.05, 0.1) is 5.56 Å². The number of rotatable bonds is 2. The summed E-state index contributed by atoms with van der Waals surface area (Å²) in [6.45, 7) is 1.04. The van der Waals surface area contributed by atoms with Crippen LogP contribution in [0.15, 0.2) is 36.4 Å². The van der Waals surface area contributed by atoms with Crippen molar-refractivity contribution in [3.8, 4) is 11.8 Å². The molecular weight excluding hydrogens is 286 g/mol. The van der Waals surface area contributed by atoms with E-state index in [2.05, 4.69) is 4.94 Å².